The van der Waals surface area contributed by atoms with Gasteiger partial charge in [-0.3, -0.25) is 4.98 Å². The van der Waals surface area contributed by atoms with Crippen molar-refractivity contribution in [3.8, 4) is 22.9 Å². The van der Waals surface area contributed by atoms with Crippen molar-refractivity contribution in [2.75, 3.05) is 32.8 Å². The number of urea groups is 1. The third-order valence-corrected chi connectivity index (χ3v) is 6.87. The van der Waals surface area contributed by atoms with Crippen molar-refractivity contribution < 1.29 is 49.0 Å². The van der Waals surface area contributed by atoms with Crippen molar-refractivity contribution in [2.45, 2.75) is 37.8 Å². The van der Waals surface area contributed by atoms with E-state index in [1.165, 1.54) is 36.3 Å². The topological polar surface area (TPSA) is 128 Å². The average Bonchev–Trinajstić information content (AvgIpc) is 3.35. The highest BCUT2D eigenvalue weighted by Crippen LogP contribution is 2.40. The maximum Gasteiger partial charge on any atom is 0.414 e. The summed E-state index contributed by atoms with van der Waals surface area (Å²) in [6, 6.07) is -6.27. The van der Waals surface area contributed by atoms with Gasteiger partial charge >= 0.3 is 18.4 Å². The number of amides is 2. The van der Waals surface area contributed by atoms with E-state index in [4.69, 9.17) is 9.47 Å². The third kappa shape index (κ3) is 7.47. The first-order chi connectivity index (χ1) is 19.0. The van der Waals surface area contributed by atoms with Crippen LogP contribution in [-0.2, 0) is 9.84 Å². The molecule has 3 rings (SSSR count). The molecule has 0 aliphatic carbocycles. The molecule has 1 N–H and O–H groups in total. The number of carbonyl (C=O) groups excluding carboxylic acids is 1. The largest absolute Gasteiger partial charge is 0.494 e. The highest BCUT2D eigenvalue weighted by Gasteiger charge is 2.49. The molecule has 0 saturated carbocycles. The number of hydrogen-bond donors (Lipinski definition) is 1. The molecule has 0 fully saturated rings. The van der Waals surface area contributed by atoms with Crippen LogP contribution < -0.4 is 14.8 Å². The molecule has 1 unspecified atom stereocenters. The first kappa shape index (κ1) is 31.7. The monoisotopic (exact) mass is 612 g/mol. The zero-order valence-electron chi connectivity index (χ0n) is 22.1. The molecule has 0 aromatic carbocycles. The zero-order chi connectivity index (χ0) is 30.8. The summed E-state index contributed by atoms with van der Waals surface area (Å²) in [5, 5.41) is 1.51. The molecular formula is C23H26F6N6O5S. The first-order valence-corrected chi connectivity index (χ1v) is 13.9. The number of hydrogen-bond acceptors (Lipinski definition) is 8. The summed E-state index contributed by atoms with van der Waals surface area (Å²) >= 11 is 0. The van der Waals surface area contributed by atoms with Crippen molar-refractivity contribution in [3.05, 3.63) is 36.5 Å². The van der Waals surface area contributed by atoms with Gasteiger partial charge in [-0.05, 0) is 19.4 Å². The number of pyridine rings is 1. The van der Waals surface area contributed by atoms with Gasteiger partial charge in [-0.25, -0.2) is 23.2 Å². The van der Waals surface area contributed by atoms with Crippen molar-refractivity contribution in [1.29, 1.82) is 0 Å². The van der Waals surface area contributed by atoms with Gasteiger partial charge in [-0.1, -0.05) is 0 Å². The van der Waals surface area contributed by atoms with Gasteiger partial charge in [0.05, 0.1) is 37.6 Å². The predicted octanol–water partition coefficient (Wildman–Crippen LogP) is 3.81. The van der Waals surface area contributed by atoms with E-state index in [0.717, 1.165) is 19.2 Å². The molecule has 41 heavy (non-hydrogen) atoms. The van der Waals surface area contributed by atoms with Gasteiger partial charge in [-0.2, -0.15) is 26.3 Å². The molecule has 0 aliphatic rings. The lowest BCUT2D eigenvalue weighted by molar-refractivity contribution is -0.180. The minimum absolute atomic E-state index is 0.00843. The summed E-state index contributed by atoms with van der Waals surface area (Å²) in [5.74, 6) is -0.899. The Labute approximate surface area is 230 Å². The number of halogens is 6. The Hall–Kier alpha value is -3.83. The van der Waals surface area contributed by atoms with Crippen LogP contribution >= 0.6 is 0 Å². The molecule has 11 nitrogen and oxygen atoms in total. The quantitative estimate of drug-likeness (QED) is 0.343. The highest BCUT2D eigenvalue weighted by atomic mass is 32.2. The summed E-state index contributed by atoms with van der Waals surface area (Å²) in [4.78, 5) is 25.2. The normalized spacial score (nSPS) is 14.0. The molecule has 2 atom stereocenters. The zero-order valence-corrected chi connectivity index (χ0v) is 22.9. The van der Waals surface area contributed by atoms with Crippen LogP contribution in [0.15, 0.2) is 30.9 Å². The molecule has 0 spiro atoms. The standard InChI is InChI=1S/C23H26F6N6O5S/c1-5-35(21(36)33-17(22(24,25)26)6-9-41(4,37)38)18(23(27,28)29)14-10-13(16(39-2)11-31-14)15-12-34-8-7-30-19(34)20(32-15)40-3/h7-8,10-12,17-18H,5-6,9H2,1-4H3,(H,33,36)/t17?,18-/m0/s1. The van der Waals surface area contributed by atoms with Crippen molar-refractivity contribution in [3.63, 3.8) is 0 Å². The molecule has 3 heterocycles. The van der Waals surface area contributed by atoms with Crippen LogP contribution in [0.3, 0.4) is 0 Å². The summed E-state index contributed by atoms with van der Waals surface area (Å²) in [7, 11) is -1.30. The van der Waals surface area contributed by atoms with Gasteiger partial charge in [0.25, 0.3) is 5.88 Å². The van der Waals surface area contributed by atoms with Crippen LogP contribution in [0.25, 0.3) is 16.9 Å². The number of carbonyl (C=O) groups is 1. The average molecular weight is 613 g/mol. The SMILES string of the molecule is CCN(C(=O)NC(CCS(C)(=O)=O)C(F)(F)F)[C@@H](c1cc(-c2cn3ccnc3c(OC)n2)c(OC)cn1)C(F)(F)F. The number of sulfone groups is 1. The first-order valence-electron chi connectivity index (χ1n) is 11.8. The minimum Gasteiger partial charge on any atom is -0.494 e. The van der Waals surface area contributed by atoms with Crippen LogP contribution in [0, 0.1) is 0 Å². The maximum atomic E-state index is 14.4. The number of imidazole rings is 1. The van der Waals surface area contributed by atoms with E-state index in [1.54, 1.807) is 6.20 Å². The lowest BCUT2D eigenvalue weighted by Gasteiger charge is -2.34. The van der Waals surface area contributed by atoms with E-state index in [-0.39, 0.29) is 27.8 Å². The Balaban J connectivity index is 2.07. The molecule has 0 bridgehead atoms. The van der Waals surface area contributed by atoms with Gasteiger partial charge in [0.1, 0.15) is 21.6 Å². The van der Waals surface area contributed by atoms with Gasteiger partial charge < -0.3 is 24.1 Å². The minimum atomic E-state index is -5.19. The van der Waals surface area contributed by atoms with Crippen molar-refractivity contribution >= 4 is 21.5 Å². The Bertz CT molecular complexity index is 1490. The van der Waals surface area contributed by atoms with E-state index < -0.39 is 64.7 Å². The second-order valence-corrected chi connectivity index (χ2v) is 11.1. The summed E-state index contributed by atoms with van der Waals surface area (Å²) < 4.78 is 119. The Morgan fingerprint density at radius 3 is 2.34 bits per heavy atom. The second kappa shape index (κ2) is 12.0. The smallest absolute Gasteiger partial charge is 0.414 e. The van der Waals surface area contributed by atoms with E-state index in [1.807, 2.05) is 0 Å². The van der Waals surface area contributed by atoms with Crippen molar-refractivity contribution in [1.82, 2.24) is 29.6 Å². The Morgan fingerprint density at radius 1 is 1.12 bits per heavy atom. The van der Waals surface area contributed by atoms with Crippen LogP contribution in [0.2, 0.25) is 0 Å². The van der Waals surface area contributed by atoms with E-state index >= 15 is 0 Å². The summed E-state index contributed by atoms with van der Waals surface area (Å²) in [6.07, 6.45) is -5.32. The number of fused-ring (bicyclic) bond motifs is 1. The summed E-state index contributed by atoms with van der Waals surface area (Å²) in [6.45, 7) is 0.462. The van der Waals surface area contributed by atoms with Gasteiger partial charge in [-0.15, -0.1) is 0 Å². The molecule has 0 radical (unpaired) electrons. The molecule has 18 heteroatoms. The lowest BCUT2D eigenvalue weighted by Crippen LogP contribution is -2.54. The highest BCUT2D eigenvalue weighted by molar-refractivity contribution is 7.90. The molecular weight excluding hydrogens is 586 g/mol. The molecule has 3 aromatic heterocycles. The fourth-order valence-corrected chi connectivity index (χ4v) is 4.63. The fraction of sp³-hybridized carbons (Fsp3) is 0.478. The van der Waals surface area contributed by atoms with Crippen LogP contribution in [-0.4, -0.2) is 89.9 Å². The third-order valence-electron chi connectivity index (χ3n) is 5.89. The number of aromatic nitrogens is 4. The number of ether oxygens (including phenoxy) is 2. The molecule has 0 aliphatic heterocycles. The van der Waals surface area contributed by atoms with Crippen LogP contribution in [0.4, 0.5) is 31.1 Å². The second-order valence-electron chi connectivity index (χ2n) is 8.80. The number of methoxy groups -OCH3 is 2. The molecule has 0 saturated heterocycles. The van der Waals surface area contributed by atoms with E-state index in [2.05, 4.69) is 15.0 Å². The fourth-order valence-electron chi connectivity index (χ4n) is 3.97. The Kier molecular flexibility index (Phi) is 9.24. The van der Waals surface area contributed by atoms with E-state index in [9.17, 15) is 39.6 Å². The number of nitrogens with one attached hydrogen (secondary N) is 1. The number of rotatable bonds is 10. The van der Waals surface area contributed by atoms with Gasteiger partial charge in [0, 0.05) is 37.0 Å². The predicted molar refractivity (Wildman–Crippen MR) is 133 cm³/mol. The lowest BCUT2D eigenvalue weighted by atomic mass is 10.1. The Morgan fingerprint density at radius 2 is 1.80 bits per heavy atom. The maximum absolute atomic E-state index is 14.4. The van der Waals surface area contributed by atoms with E-state index in [0.29, 0.717) is 11.9 Å². The van der Waals surface area contributed by atoms with Gasteiger partial charge in [0.15, 0.2) is 11.7 Å². The molecule has 226 valence electrons. The number of nitrogens with zero attached hydrogens (tertiary/aromatic N) is 5. The van der Waals surface area contributed by atoms with Crippen LogP contribution in [0.1, 0.15) is 25.1 Å². The summed E-state index contributed by atoms with van der Waals surface area (Å²) in [5.41, 5.74) is -0.323. The van der Waals surface area contributed by atoms with Crippen molar-refractivity contribution in [2.24, 2.45) is 0 Å². The molecule has 3 aromatic rings. The number of alkyl halides is 6. The van der Waals surface area contributed by atoms with Crippen LogP contribution in [0.5, 0.6) is 11.6 Å². The molecule has 2 amide bonds. The van der Waals surface area contributed by atoms with Gasteiger partial charge in [0.2, 0.25) is 0 Å².